The van der Waals surface area contributed by atoms with E-state index in [1.807, 2.05) is 6.07 Å². The smallest absolute Gasteiger partial charge is 0.142 e. The maximum Gasteiger partial charge on any atom is 0.142 e. The van der Waals surface area contributed by atoms with E-state index in [0.717, 1.165) is 24.3 Å². The summed E-state index contributed by atoms with van der Waals surface area (Å²) in [5.74, 6) is 0.766. The molecular weight excluding hydrogens is 269 g/mol. The zero-order valence-corrected chi connectivity index (χ0v) is 12.1. The van der Waals surface area contributed by atoms with Crippen molar-refractivity contribution < 1.29 is 4.74 Å². The van der Waals surface area contributed by atoms with Crippen molar-refractivity contribution in [2.24, 2.45) is 0 Å². The van der Waals surface area contributed by atoms with Gasteiger partial charge in [0, 0.05) is 29.6 Å². The SMILES string of the molecule is CC(C)=CCNC1CCOc2c(Cl)cc(Cl)cc21. The second kappa shape index (κ2) is 5.96. The molecule has 1 N–H and O–H groups in total. The van der Waals surface area contributed by atoms with Crippen LogP contribution >= 0.6 is 23.2 Å². The van der Waals surface area contributed by atoms with Gasteiger partial charge in [0.05, 0.1) is 11.6 Å². The molecule has 1 heterocycles. The fourth-order valence-corrected chi connectivity index (χ4v) is 2.61. The minimum atomic E-state index is 0.251. The van der Waals surface area contributed by atoms with E-state index in [-0.39, 0.29) is 6.04 Å². The predicted octanol–water partition coefficient (Wildman–Crippen LogP) is 4.37. The fourth-order valence-electron chi connectivity index (χ4n) is 2.04. The molecule has 1 unspecified atom stereocenters. The molecular formula is C14H17Cl2NO. The number of halogens is 2. The van der Waals surface area contributed by atoms with Crippen molar-refractivity contribution in [2.45, 2.75) is 26.3 Å². The molecule has 1 aromatic carbocycles. The summed E-state index contributed by atoms with van der Waals surface area (Å²) in [6, 6.07) is 3.91. The van der Waals surface area contributed by atoms with Gasteiger partial charge < -0.3 is 10.1 Å². The Hall–Kier alpha value is -0.700. The summed E-state index contributed by atoms with van der Waals surface area (Å²) in [6.07, 6.45) is 3.10. The Balaban J connectivity index is 2.19. The third-order valence-electron chi connectivity index (χ3n) is 2.94. The zero-order valence-electron chi connectivity index (χ0n) is 10.6. The molecule has 0 fully saturated rings. The van der Waals surface area contributed by atoms with Crippen LogP contribution in [0.2, 0.25) is 10.0 Å². The minimum Gasteiger partial charge on any atom is -0.492 e. The summed E-state index contributed by atoms with van der Waals surface area (Å²) >= 11 is 12.2. The number of ether oxygens (including phenoxy) is 1. The van der Waals surface area contributed by atoms with Crippen molar-refractivity contribution >= 4 is 23.2 Å². The van der Waals surface area contributed by atoms with Crippen LogP contribution in [0.4, 0.5) is 0 Å². The van der Waals surface area contributed by atoms with Gasteiger partial charge in [0.25, 0.3) is 0 Å². The molecule has 18 heavy (non-hydrogen) atoms. The van der Waals surface area contributed by atoms with Gasteiger partial charge in [0.15, 0.2) is 0 Å². The molecule has 1 atom stereocenters. The van der Waals surface area contributed by atoms with Crippen LogP contribution in [0.5, 0.6) is 5.75 Å². The third kappa shape index (κ3) is 3.19. The Morgan fingerprint density at radius 3 is 2.94 bits per heavy atom. The highest BCUT2D eigenvalue weighted by Gasteiger charge is 2.23. The number of hydrogen-bond acceptors (Lipinski definition) is 2. The van der Waals surface area contributed by atoms with E-state index < -0.39 is 0 Å². The van der Waals surface area contributed by atoms with Crippen molar-refractivity contribution in [1.82, 2.24) is 5.32 Å². The zero-order chi connectivity index (χ0) is 13.1. The molecule has 2 nitrogen and oxygen atoms in total. The van der Waals surface area contributed by atoms with Crippen LogP contribution in [-0.4, -0.2) is 13.2 Å². The summed E-state index contributed by atoms with van der Waals surface area (Å²) in [5, 5.41) is 4.73. The van der Waals surface area contributed by atoms with Crippen LogP contribution in [0.25, 0.3) is 0 Å². The predicted molar refractivity (Wildman–Crippen MR) is 76.7 cm³/mol. The molecule has 0 aromatic heterocycles. The van der Waals surface area contributed by atoms with Gasteiger partial charge in [-0.05, 0) is 26.0 Å². The maximum absolute atomic E-state index is 6.15. The number of rotatable bonds is 3. The molecule has 1 aliphatic heterocycles. The van der Waals surface area contributed by atoms with Crippen LogP contribution in [0, 0.1) is 0 Å². The molecule has 0 aliphatic carbocycles. The van der Waals surface area contributed by atoms with Crippen LogP contribution < -0.4 is 10.1 Å². The molecule has 4 heteroatoms. The van der Waals surface area contributed by atoms with Gasteiger partial charge in [-0.15, -0.1) is 0 Å². The number of nitrogens with one attached hydrogen (secondary N) is 1. The first-order chi connectivity index (χ1) is 8.58. The Labute approximate surface area is 118 Å². The van der Waals surface area contributed by atoms with Gasteiger partial charge in [-0.3, -0.25) is 0 Å². The lowest BCUT2D eigenvalue weighted by molar-refractivity contribution is 0.255. The van der Waals surface area contributed by atoms with Crippen LogP contribution in [0.3, 0.4) is 0 Å². The van der Waals surface area contributed by atoms with E-state index in [0.29, 0.717) is 16.7 Å². The van der Waals surface area contributed by atoms with Crippen molar-refractivity contribution in [3.63, 3.8) is 0 Å². The molecule has 98 valence electrons. The van der Waals surface area contributed by atoms with Crippen molar-refractivity contribution in [2.75, 3.05) is 13.2 Å². The number of allylic oxidation sites excluding steroid dienone is 1. The van der Waals surface area contributed by atoms with E-state index in [2.05, 4.69) is 25.2 Å². The lowest BCUT2D eigenvalue weighted by Gasteiger charge is -2.27. The Kier molecular flexibility index (Phi) is 4.55. The molecule has 0 radical (unpaired) electrons. The number of benzene rings is 1. The number of hydrogen-bond donors (Lipinski definition) is 1. The fraction of sp³-hybridized carbons (Fsp3) is 0.429. The highest BCUT2D eigenvalue weighted by Crippen LogP contribution is 2.39. The quantitative estimate of drug-likeness (QED) is 0.833. The van der Waals surface area contributed by atoms with Crippen molar-refractivity contribution in [3.05, 3.63) is 39.4 Å². The third-order valence-corrected chi connectivity index (χ3v) is 3.44. The monoisotopic (exact) mass is 285 g/mol. The van der Waals surface area contributed by atoms with Crippen molar-refractivity contribution in [3.8, 4) is 5.75 Å². The summed E-state index contributed by atoms with van der Waals surface area (Å²) in [7, 11) is 0. The normalized spacial score (nSPS) is 17.9. The van der Waals surface area contributed by atoms with E-state index in [9.17, 15) is 0 Å². The summed E-state index contributed by atoms with van der Waals surface area (Å²) in [5.41, 5.74) is 2.36. The molecule has 0 bridgehead atoms. The molecule has 0 amide bonds. The van der Waals surface area contributed by atoms with E-state index in [1.165, 1.54) is 5.57 Å². The van der Waals surface area contributed by atoms with E-state index >= 15 is 0 Å². The summed E-state index contributed by atoms with van der Waals surface area (Å²) < 4.78 is 5.62. The molecule has 0 spiro atoms. The maximum atomic E-state index is 6.15. The Bertz CT molecular complexity index is 467. The molecule has 1 aliphatic rings. The Morgan fingerprint density at radius 2 is 2.22 bits per heavy atom. The van der Waals surface area contributed by atoms with E-state index in [1.54, 1.807) is 6.07 Å². The van der Waals surface area contributed by atoms with Crippen LogP contribution in [0.1, 0.15) is 31.9 Å². The first-order valence-corrected chi connectivity index (χ1v) is 6.82. The van der Waals surface area contributed by atoms with Gasteiger partial charge in [-0.25, -0.2) is 0 Å². The summed E-state index contributed by atoms with van der Waals surface area (Å²) in [6.45, 7) is 5.71. The number of fused-ring (bicyclic) bond motifs is 1. The topological polar surface area (TPSA) is 21.3 Å². The standard InChI is InChI=1S/C14H17Cl2NO/c1-9(2)3-5-17-13-4-6-18-14-11(13)7-10(15)8-12(14)16/h3,7-8,13,17H,4-6H2,1-2H3. The molecule has 1 aromatic rings. The first-order valence-electron chi connectivity index (χ1n) is 6.06. The second-order valence-electron chi connectivity index (χ2n) is 4.69. The molecule has 0 saturated heterocycles. The highest BCUT2D eigenvalue weighted by molar-refractivity contribution is 6.35. The van der Waals surface area contributed by atoms with Gasteiger partial charge in [-0.1, -0.05) is 34.9 Å². The molecule has 0 saturated carbocycles. The van der Waals surface area contributed by atoms with Crippen molar-refractivity contribution in [1.29, 1.82) is 0 Å². The van der Waals surface area contributed by atoms with Crippen LogP contribution in [-0.2, 0) is 0 Å². The van der Waals surface area contributed by atoms with Crippen LogP contribution in [0.15, 0.2) is 23.8 Å². The van der Waals surface area contributed by atoms with E-state index in [4.69, 9.17) is 27.9 Å². The van der Waals surface area contributed by atoms with Gasteiger partial charge in [0.2, 0.25) is 0 Å². The average molecular weight is 286 g/mol. The lowest BCUT2D eigenvalue weighted by Crippen LogP contribution is -2.27. The van der Waals surface area contributed by atoms with Gasteiger partial charge >= 0.3 is 0 Å². The highest BCUT2D eigenvalue weighted by atomic mass is 35.5. The Morgan fingerprint density at radius 1 is 1.44 bits per heavy atom. The lowest BCUT2D eigenvalue weighted by atomic mass is 10.0. The van der Waals surface area contributed by atoms with Gasteiger partial charge in [-0.2, -0.15) is 0 Å². The largest absolute Gasteiger partial charge is 0.492 e. The molecule has 2 rings (SSSR count). The average Bonchev–Trinajstić information content (AvgIpc) is 2.29. The minimum absolute atomic E-state index is 0.251. The summed E-state index contributed by atoms with van der Waals surface area (Å²) in [4.78, 5) is 0. The van der Waals surface area contributed by atoms with Gasteiger partial charge in [0.1, 0.15) is 5.75 Å². The first kappa shape index (κ1) is 13.7. The second-order valence-corrected chi connectivity index (χ2v) is 5.53.